The summed E-state index contributed by atoms with van der Waals surface area (Å²) in [5, 5.41) is 1.46. The van der Waals surface area contributed by atoms with E-state index in [0.29, 0.717) is 5.25 Å². The van der Waals surface area contributed by atoms with Crippen molar-refractivity contribution in [2.75, 3.05) is 12.8 Å². The van der Waals surface area contributed by atoms with E-state index in [1.54, 1.807) is 0 Å². The number of fused-ring (bicyclic) bond motifs is 1. The molecule has 0 aromatic rings. The molecule has 1 nitrogen and oxygen atoms in total. The van der Waals surface area contributed by atoms with Crippen molar-refractivity contribution in [1.82, 2.24) is 4.90 Å². The number of nitrogens with zero attached hydrogens (tertiary/aromatic N) is 1. The van der Waals surface area contributed by atoms with Crippen LogP contribution in [0.15, 0.2) is 0 Å². The molecular weight excluding hydrogens is 174 g/mol. The normalized spacial score (nSPS) is 44.7. The van der Waals surface area contributed by atoms with Gasteiger partial charge >= 0.3 is 0 Å². The van der Waals surface area contributed by atoms with Gasteiger partial charge in [0.15, 0.2) is 0 Å². The van der Waals surface area contributed by atoms with Gasteiger partial charge in [-0.15, -0.1) is 11.8 Å². The molecule has 64 valence electrons. The van der Waals surface area contributed by atoms with Crippen LogP contribution < -0.4 is 0 Å². The fourth-order valence-corrected chi connectivity index (χ4v) is 3.65. The van der Waals surface area contributed by atoms with Crippen molar-refractivity contribution >= 4 is 24.4 Å². The minimum Gasteiger partial charge on any atom is -0.287 e. The zero-order valence-electron chi connectivity index (χ0n) is 6.86. The predicted octanol–water partition coefficient (Wildman–Crippen LogP) is 1.84. The van der Waals surface area contributed by atoms with Crippen molar-refractivity contribution in [1.29, 1.82) is 0 Å². The molecule has 2 rings (SSSR count). The van der Waals surface area contributed by atoms with Gasteiger partial charge in [-0.25, -0.2) is 0 Å². The third-order valence-electron chi connectivity index (χ3n) is 2.90. The molecule has 2 heterocycles. The molecule has 11 heavy (non-hydrogen) atoms. The van der Waals surface area contributed by atoms with Gasteiger partial charge in [0.05, 0.1) is 5.37 Å². The summed E-state index contributed by atoms with van der Waals surface area (Å²) < 4.78 is 0. The molecule has 0 aromatic heterocycles. The Morgan fingerprint density at radius 1 is 1.36 bits per heavy atom. The summed E-state index contributed by atoms with van der Waals surface area (Å²) in [7, 11) is 0. The quantitative estimate of drug-likeness (QED) is 0.627. The lowest BCUT2D eigenvalue weighted by molar-refractivity contribution is 0.307. The van der Waals surface area contributed by atoms with Crippen LogP contribution in [0.25, 0.3) is 0 Å². The molecule has 3 heteroatoms. The molecule has 0 aliphatic carbocycles. The average Bonchev–Trinajstić information content (AvgIpc) is 2.53. The highest BCUT2D eigenvalue weighted by molar-refractivity contribution is 7.99. The van der Waals surface area contributed by atoms with E-state index in [0.717, 1.165) is 11.4 Å². The molecule has 3 atom stereocenters. The van der Waals surface area contributed by atoms with Gasteiger partial charge in [-0.1, -0.05) is 0 Å². The molecule has 0 saturated carbocycles. The molecule has 0 N–H and O–H groups in total. The molecule has 0 bridgehead atoms. The van der Waals surface area contributed by atoms with E-state index in [1.807, 2.05) is 11.8 Å². The van der Waals surface area contributed by atoms with Crippen molar-refractivity contribution in [3.8, 4) is 0 Å². The highest BCUT2D eigenvalue weighted by atomic mass is 32.2. The maximum Gasteiger partial charge on any atom is 0.0558 e. The van der Waals surface area contributed by atoms with Crippen LogP contribution in [0.5, 0.6) is 0 Å². The maximum atomic E-state index is 4.60. The van der Waals surface area contributed by atoms with Crippen LogP contribution >= 0.6 is 24.4 Å². The topological polar surface area (TPSA) is 3.24 Å². The molecule has 2 saturated heterocycles. The largest absolute Gasteiger partial charge is 0.287 e. The van der Waals surface area contributed by atoms with Crippen molar-refractivity contribution in [3.05, 3.63) is 0 Å². The van der Waals surface area contributed by atoms with E-state index in [9.17, 15) is 0 Å². The second kappa shape index (κ2) is 3.19. The zero-order chi connectivity index (χ0) is 7.84. The number of hydrogen-bond acceptors (Lipinski definition) is 3. The Morgan fingerprint density at radius 2 is 2.18 bits per heavy atom. The van der Waals surface area contributed by atoms with Crippen LogP contribution in [0.4, 0.5) is 0 Å². The summed E-state index contributed by atoms with van der Waals surface area (Å²) in [5.74, 6) is 0. The van der Waals surface area contributed by atoms with Crippen LogP contribution in [0, 0.1) is 0 Å². The molecule has 0 amide bonds. The highest BCUT2D eigenvalue weighted by Crippen LogP contribution is 2.38. The van der Waals surface area contributed by atoms with E-state index in [2.05, 4.69) is 23.8 Å². The van der Waals surface area contributed by atoms with Crippen LogP contribution in [0.1, 0.15) is 19.3 Å². The van der Waals surface area contributed by atoms with Gasteiger partial charge in [0, 0.05) is 17.8 Å². The van der Waals surface area contributed by atoms with Gasteiger partial charge in [0.25, 0.3) is 0 Å². The molecule has 2 aliphatic heterocycles. The number of hydrogen-bond donors (Lipinski definition) is 1. The molecule has 0 aromatic carbocycles. The molecular formula is C8H15NS2. The lowest BCUT2D eigenvalue weighted by Crippen LogP contribution is -2.31. The number of thioether (sulfide) groups is 1. The third kappa shape index (κ3) is 1.31. The second-order valence-corrected chi connectivity index (χ2v) is 5.11. The summed E-state index contributed by atoms with van der Waals surface area (Å²) >= 11 is 6.60. The SMILES string of the molecule is CSC1CCC2[C@@H](S)CCN12. The molecule has 0 spiro atoms. The summed E-state index contributed by atoms with van der Waals surface area (Å²) in [6.45, 7) is 1.28. The lowest BCUT2D eigenvalue weighted by atomic mass is 10.1. The second-order valence-electron chi connectivity index (χ2n) is 3.43. The summed E-state index contributed by atoms with van der Waals surface area (Å²) in [6, 6.07) is 0.802. The Morgan fingerprint density at radius 3 is 2.91 bits per heavy atom. The van der Waals surface area contributed by atoms with Crippen molar-refractivity contribution in [2.24, 2.45) is 0 Å². The predicted molar refractivity (Wildman–Crippen MR) is 54.4 cm³/mol. The Kier molecular flexibility index (Phi) is 2.40. The minimum absolute atomic E-state index is 0.659. The number of thiol groups is 1. The standard InChI is InChI=1S/C8H15NS2/c1-11-8-3-2-6-7(10)4-5-9(6)8/h6-8,10H,2-5H2,1H3/t6?,7-,8?/m0/s1. The van der Waals surface area contributed by atoms with Crippen LogP contribution in [-0.2, 0) is 0 Å². The monoisotopic (exact) mass is 189 g/mol. The average molecular weight is 189 g/mol. The molecule has 2 fully saturated rings. The van der Waals surface area contributed by atoms with Crippen LogP contribution in [0.2, 0.25) is 0 Å². The Labute approximate surface area is 78.3 Å². The number of rotatable bonds is 1. The maximum absolute atomic E-state index is 4.60. The summed E-state index contributed by atoms with van der Waals surface area (Å²) in [4.78, 5) is 2.64. The third-order valence-corrected chi connectivity index (χ3v) is 4.56. The van der Waals surface area contributed by atoms with E-state index >= 15 is 0 Å². The first-order chi connectivity index (χ1) is 5.33. The van der Waals surface area contributed by atoms with Gasteiger partial charge in [-0.3, -0.25) is 4.90 Å². The van der Waals surface area contributed by atoms with Gasteiger partial charge in [-0.2, -0.15) is 12.6 Å². The first kappa shape index (κ1) is 8.27. The molecule has 2 unspecified atom stereocenters. The Bertz CT molecular complexity index is 151. The fourth-order valence-electron chi connectivity index (χ4n) is 2.31. The highest BCUT2D eigenvalue weighted by Gasteiger charge is 2.40. The summed E-state index contributed by atoms with van der Waals surface area (Å²) in [6.07, 6.45) is 6.27. The first-order valence-electron chi connectivity index (χ1n) is 4.29. The van der Waals surface area contributed by atoms with E-state index < -0.39 is 0 Å². The molecule has 2 aliphatic rings. The lowest BCUT2D eigenvalue weighted by Gasteiger charge is -2.22. The fraction of sp³-hybridized carbons (Fsp3) is 1.00. The van der Waals surface area contributed by atoms with Crippen molar-refractivity contribution in [2.45, 2.75) is 35.9 Å². The van der Waals surface area contributed by atoms with Gasteiger partial charge in [0.1, 0.15) is 0 Å². The van der Waals surface area contributed by atoms with Crippen molar-refractivity contribution in [3.63, 3.8) is 0 Å². The van der Waals surface area contributed by atoms with Gasteiger partial charge < -0.3 is 0 Å². The van der Waals surface area contributed by atoms with Gasteiger partial charge in [0.2, 0.25) is 0 Å². The Hall–Kier alpha value is 0.660. The van der Waals surface area contributed by atoms with E-state index in [4.69, 9.17) is 0 Å². The minimum atomic E-state index is 0.659. The van der Waals surface area contributed by atoms with E-state index in [-0.39, 0.29) is 0 Å². The first-order valence-corrected chi connectivity index (χ1v) is 6.10. The van der Waals surface area contributed by atoms with E-state index in [1.165, 1.54) is 25.8 Å². The summed E-state index contributed by atoms with van der Waals surface area (Å²) in [5.41, 5.74) is 0. The Balaban J connectivity index is 2.04. The molecule has 0 radical (unpaired) electrons. The smallest absolute Gasteiger partial charge is 0.0558 e. The van der Waals surface area contributed by atoms with Crippen LogP contribution in [-0.4, -0.2) is 34.4 Å². The van der Waals surface area contributed by atoms with Crippen molar-refractivity contribution < 1.29 is 0 Å². The van der Waals surface area contributed by atoms with Crippen LogP contribution in [0.3, 0.4) is 0 Å². The zero-order valence-corrected chi connectivity index (χ0v) is 8.57. The van der Waals surface area contributed by atoms with Gasteiger partial charge in [-0.05, 0) is 25.5 Å².